The third kappa shape index (κ3) is 6.38. The lowest BCUT2D eigenvalue weighted by Crippen LogP contribution is -2.44. The predicted octanol–water partition coefficient (Wildman–Crippen LogP) is 5.97. The van der Waals surface area contributed by atoms with E-state index < -0.39 is 23.4 Å². The van der Waals surface area contributed by atoms with Gasteiger partial charge in [0.25, 0.3) is 0 Å². The van der Waals surface area contributed by atoms with E-state index in [1.165, 1.54) is 6.20 Å². The minimum atomic E-state index is -0.933. The molecule has 0 saturated heterocycles. The van der Waals surface area contributed by atoms with Gasteiger partial charge >= 0.3 is 12.2 Å². The molecule has 174 valence electrons. The summed E-state index contributed by atoms with van der Waals surface area (Å²) in [7, 11) is 0. The zero-order chi connectivity index (χ0) is 24.4. The van der Waals surface area contributed by atoms with Crippen LogP contribution in [-0.4, -0.2) is 43.3 Å². The lowest BCUT2D eigenvalue weighted by molar-refractivity contribution is 0.0429. The maximum atomic E-state index is 13.1. The molecule has 33 heavy (non-hydrogen) atoms. The van der Waals surface area contributed by atoms with Crippen molar-refractivity contribution in [1.82, 2.24) is 19.9 Å². The second-order valence-corrected chi connectivity index (χ2v) is 9.99. The number of hydrogen-bond acceptors (Lipinski definition) is 7. The fraction of sp³-hybridized carbons (Fsp3) is 0.348. The van der Waals surface area contributed by atoms with Crippen molar-refractivity contribution in [1.29, 1.82) is 0 Å². The Morgan fingerprint density at radius 1 is 0.909 bits per heavy atom. The third-order valence-electron chi connectivity index (χ3n) is 3.97. The van der Waals surface area contributed by atoms with Gasteiger partial charge in [0, 0.05) is 5.56 Å². The highest BCUT2D eigenvalue weighted by Gasteiger charge is 2.36. The summed E-state index contributed by atoms with van der Waals surface area (Å²) in [5.41, 5.74) is -0.168. The Labute approximate surface area is 200 Å². The number of amides is 2. The number of halogens is 1. The van der Waals surface area contributed by atoms with Crippen LogP contribution in [0.3, 0.4) is 0 Å². The third-order valence-corrected chi connectivity index (χ3v) is 4.35. The van der Waals surface area contributed by atoms with Crippen molar-refractivity contribution < 1.29 is 19.1 Å². The van der Waals surface area contributed by atoms with Crippen LogP contribution in [-0.2, 0) is 9.47 Å². The molecule has 0 bridgehead atoms. The van der Waals surface area contributed by atoms with Crippen molar-refractivity contribution in [3.8, 4) is 22.8 Å². The molecule has 1 aromatic carbocycles. The lowest BCUT2D eigenvalue weighted by Gasteiger charge is -2.28. The average Bonchev–Trinajstić information content (AvgIpc) is 3.17. The molecule has 0 saturated carbocycles. The van der Waals surface area contributed by atoms with Gasteiger partial charge in [-0.05, 0) is 57.5 Å². The van der Waals surface area contributed by atoms with Gasteiger partial charge in [0.1, 0.15) is 27.3 Å². The molecule has 0 aliphatic carbocycles. The number of H-pyrrole nitrogens is 1. The standard InChI is InChI=1S/C23H26BrN5O4/c1-22(2,3)32-20(30)29(21(31)33-23(4,5)6)19-17(28-16(24)13-26-19)15-12-25-18(27-15)14-10-8-7-9-11-14/h7-13H,1-6H3,(H,25,27). The number of ether oxygens (including phenoxy) is 2. The van der Waals surface area contributed by atoms with Gasteiger partial charge in [-0.2, -0.15) is 4.90 Å². The molecule has 0 aliphatic rings. The van der Waals surface area contributed by atoms with Crippen LogP contribution in [0.5, 0.6) is 0 Å². The van der Waals surface area contributed by atoms with Crippen molar-refractivity contribution in [2.24, 2.45) is 0 Å². The van der Waals surface area contributed by atoms with Crippen molar-refractivity contribution in [2.75, 3.05) is 4.90 Å². The number of aromatic amines is 1. The molecule has 2 aromatic heterocycles. The molecule has 10 heteroatoms. The number of imidazole rings is 1. The second-order valence-electron chi connectivity index (χ2n) is 9.17. The van der Waals surface area contributed by atoms with Crippen LogP contribution in [0.1, 0.15) is 41.5 Å². The molecule has 0 unspecified atom stereocenters. The van der Waals surface area contributed by atoms with E-state index in [1.807, 2.05) is 30.3 Å². The minimum absolute atomic E-state index is 0.0510. The second kappa shape index (κ2) is 9.30. The SMILES string of the molecule is CC(C)(C)OC(=O)N(C(=O)OC(C)(C)C)c1ncc(Br)nc1-c1cnc(-c2ccccc2)[nH]1. The summed E-state index contributed by atoms with van der Waals surface area (Å²) < 4.78 is 11.3. The summed E-state index contributed by atoms with van der Waals surface area (Å²) in [5, 5.41) is 0. The van der Waals surface area contributed by atoms with E-state index in [2.05, 4.69) is 35.9 Å². The van der Waals surface area contributed by atoms with E-state index in [0.29, 0.717) is 16.1 Å². The van der Waals surface area contributed by atoms with Crippen LogP contribution in [0.4, 0.5) is 15.4 Å². The summed E-state index contributed by atoms with van der Waals surface area (Å²) in [5.74, 6) is 0.546. The van der Waals surface area contributed by atoms with Gasteiger partial charge in [0.05, 0.1) is 18.1 Å². The van der Waals surface area contributed by atoms with E-state index in [1.54, 1.807) is 47.7 Å². The molecule has 9 nitrogen and oxygen atoms in total. The average molecular weight is 516 g/mol. The van der Waals surface area contributed by atoms with Gasteiger partial charge in [-0.3, -0.25) is 0 Å². The zero-order valence-corrected chi connectivity index (χ0v) is 20.9. The Morgan fingerprint density at radius 2 is 1.48 bits per heavy atom. The van der Waals surface area contributed by atoms with Crippen molar-refractivity contribution >= 4 is 33.9 Å². The topological polar surface area (TPSA) is 110 Å². The van der Waals surface area contributed by atoms with Crippen LogP contribution >= 0.6 is 15.9 Å². The number of hydrogen-bond donors (Lipinski definition) is 1. The molecular weight excluding hydrogens is 490 g/mol. The molecule has 2 heterocycles. The molecule has 0 aliphatic heterocycles. The first-order chi connectivity index (χ1) is 15.3. The number of aromatic nitrogens is 4. The number of anilines is 1. The maximum absolute atomic E-state index is 13.1. The number of benzene rings is 1. The molecule has 0 radical (unpaired) electrons. The van der Waals surface area contributed by atoms with Crippen molar-refractivity contribution in [3.63, 3.8) is 0 Å². The molecule has 3 aromatic rings. The van der Waals surface area contributed by atoms with Gasteiger partial charge in [-0.25, -0.2) is 24.5 Å². The van der Waals surface area contributed by atoms with Crippen LogP contribution in [0, 0.1) is 0 Å². The zero-order valence-electron chi connectivity index (χ0n) is 19.3. The molecule has 1 N–H and O–H groups in total. The first-order valence-electron chi connectivity index (χ1n) is 10.2. The number of nitrogens with zero attached hydrogens (tertiary/aromatic N) is 4. The van der Waals surface area contributed by atoms with E-state index in [9.17, 15) is 9.59 Å². The summed E-state index contributed by atoms with van der Waals surface area (Å²) in [6, 6.07) is 9.52. The Balaban J connectivity index is 2.11. The number of nitrogens with one attached hydrogen (secondary N) is 1. The van der Waals surface area contributed by atoms with Gasteiger partial charge in [-0.1, -0.05) is 30.3 Å². The van der Waals surface area contributed by atoms with Gasteiger partial charge < -0.3 is 14.5 Å². The number of imide groups is 1. The van der Waals surface area contributed by atoms with E-state index in [-0.39, 0.29) is 11.5 Å². The first-order valence-corrected chi connectivity index (χ1v) is 11.0. The molecule has 3 rings (SSSR count). The molecule has 0 atom stereocenters. The van der Waals surface area contributed by atoms with Gasteiger partial charge in [-0.15, -0.1) is 0 Å². The van der Waals surface area contributed by atoms with Gasteiger partial charge in [0.15, 0.2) is 5.82 Å². The number of rotatable bonds is 3. The molecular formula is C23H26BrN5O4. The Morgan fingerprint density at radius 3 is 2.03 bits per heavy atom. The van der Waals surface area contributed by atoms with Crippen molar-refractivity contribution in [2.45, 2.75) is 52.7 Å². The highest BCUT2D eigenvalue weighted by Crippen LogP contribution is 2.31. The van der Waals surface area contributed by atoms with Crippen LogP contribution in [0.2, 0.25) is 0 Å². The fourth-order valence-electron chi connectivity index (χ4n) is 2.75. The van der Waals surface area contributed by atoms with Crippen LogP contribution in [0.25, 0.3) is 22.8 Å². The lowest BCUT2D eigenvalue weighted by atomic mass is 10.2. The molecule has 2 amide bonds. The Bertz CT molecular complexity index is 1120. The quantitative estimate of drug-likeness (QED) is 0.457. The first kappa shape index (κ1) is 24.4. The van der Waals surface area contributed by atoms with Crippen LogP contribution in [0.15, 0.2) is 47.3 Å². The number of carbonyl (C=O) groups is 2. The van der Waals surface area contributed by atoms with Crippen molar-refractivity contribution in [3.05, 3.63) is 47.3 Å². The minimum Gasteiger partial charge on any atom is -0.443 e. The fourth-order valence-corrected chi connectivity index (χ4v) is 3.03. The largest absolute Gasteiger partial charge is 0.443 e. The highest BCUT2D eigenvalue weighted by molar-refractivity contribution is 9.10. The smallest absolute Gasteiger partial charge is 0.425 e. The van der Waals surface area contributed by atoms with E-state index in [4.69, 9.17) is 9.47 Å². The summed E-state index contributed by atoms with van der Waals surface area (Å²) in [4.78, 5) is 43.3. The van der Waals surface area contributed by atoms with E-state index in [0.717, 1.165) is 10.5 Å². The summed E-state index contributed by atoms with van der Waals surface area (Å²) >= 11 is 3.31. The normalized spacial score (nSPS) is 11.7. The number of carbonyl (C=O) groups excluding carboxylic acids is 2. The Hall–Kier alpha value is -3.27. The van der Waals surface area contributed by atoms with E-state index >= 15 is 0 Å². The van der Waals surface area contributed by atoms with Gasteiger partial charge in [0.2, 0.25) is 0 Å². The molecule has 0 fully saturated rings. The summed E-state index contributed by atoms with van der Waals surface area (Å²) in [6.45, 7) is 10.2. The molecule has 0 spiro atoms. The monoisotopic (exact) mass is 515 g/mol. The summed E-state index contributed by atoms with van der Waals surface area (Å²) in [6.07, 6.45) is 1.08. The highest BCUT2D eigenvalue weighted by atomic mass is 79.9. The maximum Gasteiger partial charge on any atom is 0.425 e. The van der Waals surface area contributed by atoms with Crippen LogP contribution < -0.4 is 4.90 Å². The predicted molar refractivity (Wildman–Crippen MR) is 128 cm³/mol. The Kier molecular flexibility index (Phi) is 6.87.